The first-order valence-corrected chi connectivity index (χ1v) is 9.62. The number of nitro groups is 1. The number of nitrogens with zero attached hydrogens (tertiary/aromatic N) is 3. The van der Waals surface area contributed by atoms with Crippen molar-refractivity contribution < 1.29 is 14.1 Å². The fourth-order valence-electron chi connectivity index (χ4n) is 3.01. The highest BCUT2D eigenvalue weighted by molar-refractivity contribution is 9.10. The van der Waals surface area contributed by atoms with E-state index in [4.69, 9.17) is 0 Å². The van der Waals surface area contributed by atoms with Crippen LogP contribution in [0.3, 0.4) is 0 Å². The molecular weight excluding hydrogens is 453 g/mol. The predicted molar refractivity (Wildman–Crippen MR) is 116 cm³/mol. The van der Waals surface area contributed by atoms with E-state index in [-0.39, 0.29) is 23.1 Å². The number of amidine groups is 1. The van der Waals surface area contributed by atoms with E-state index >= 15 is 0 Å². The van der Waals surface area contributed by atoms with Crippen LogP contribution in [-0.2, 0) is 4.79 Å². The van der Waals surface area contributed by atoms with Crippen LogP contribution in [0.4, 0.5) is 15.8 Å². The van der Waals surface area contributed by atoms with Crippen molar-refractivity contribution in [2.24, 2.45) is 4.99 Å². The summed E-state index contributed by atoms with van der Waals surface area (Å²) in [5, 5.41) is 10.8. The quantitative estimate of drug-likeness (QED) is 0.296. The summed E-state index contributed by atoms with van der Waals surface area (Å²) in [6.45, 7) is 0. The number of non-ortho nitro benzene ring substituents is 1. The molecule has 0 saturated heterocycles. The second kappa shape index (κ2) is 8.00. The van der Waals surface area contributed by atoms with Gasteiger partial charge in [-0.25, -0.2) is 9.38 Å². The van der Waals surface area contributed by atoms with Gasteiger partial charge in [0.15, 0.2) is 0 Å². The van der Waals surface area contributed by atoms with Crippen LogP contribution in [-0.4, -0.2) is 16.7 Å². The lowest BCUT2D eigenvalue weighted by Crippen LogP contribution is -2.32. The molecule has 6 nitrogen and oxygen atoms in total. The minimum Gasteiger partial charge on any atom is -0.266 e. The van der Waals surface area contributed by atoms with Gasteiger partial charge in [-0.3, -0.25) is 19.8 Å². The van der Waals surface area contributed by atoms with Crippen LogP contribution in [0.15, 0.2) is 88.0 Å². The van der Waals surface area contributed by atoms with Crippen LogP contribution in [0.25, 0.3) is 6.08 Å². The van der Waals surface area contributed by atoms with Gasteiger partial charge in [0.05, 0.1) is 10.6 Å². The maximum absolute atomic E-state index is 13.4. The van der Waals surface area contributed by atoms with Gasteiger partial charge in [0, 0.05) is 22.2 Å². The van der Waals surface area contributed by atoms with Gasteiger partial charge in [-0.2, -0.15) is 0 Å². The summed E-state index contributed by atoms with van der Waals surface area (Å²) in [6, 6.07) is 18.7. The van der Waals surface area contributed by atoms with Crippen molar-refractivity contribution in [3.8, 4) is 0 Å². The summed E-state index contributed by atoms with van der Waals surface area (Å²) < 4.78 is 14.2. The summed E-state index contributed by atoms with van der Waals surface area (Å²) in [7, 11) is 0. The third-order valence-corrected chi connectivity index (χ3v) is 4.93. The minimum absolute atomic E-state index is 0.0406. The summed E-state index contributed by atoms with van der Waals surface area (Å²) in [5.41, 5.74) is 1.91. The zero-order chi connectivity index (χ0) is 21.3. The second-order valence-corrected chi connectivity index (χ2v) is 7.36. The van der Waals surface area contributed by atoms with E-state index in [0.717, 1.165) is 4.47 Å². The number of anilines is 1. The second-order valence-electron chi connectivity index (χ2n) is 6.44. The Morgan fingerprint density at radius 3 is 2.37 bits per heavy atom. The van der Waals surface area contributed by atoms with Crippen LogP contribution in [0, 0.1) is 15.9 Å². The first kappa shape index (κ1) is 19.7. The minimum atomic E-state index is -0.489. The van der Waals surface area contributed by atoms with Crippen molar-refractivity contribution in [3.05, 3.63) is 110 Å². The Bertz CT molecular complexity index is 1210. The lowest BCUT2D eigenvalue weighted by atomic mass is 10.1. The van der Waals surface area contributed by atoms with Crippen molar-refractivity contribution in [2.45, 2.75) is 0 Å². The Morgan fingerprint density at radius 2 is 1.73 bits per heavy atom. The molecule has 1 heterocycles. The molecule has 0 spiro atoms. The van der Waals surface area contributed by atoms with Gasteiger partial charge in [0.1, 0.15) is 17.3 Å². The van der Waals surface area contributed by atoms with Crippen molar-refractivity contribution in [1.82, 2.24) is 0 Å². The maximum Gasteiger partial charge on any atom is 0.282 e. The number of halogens is 2. The molecule has 1 aliphatic heterocycles. The number of nitro benzene ring substituents is 1. The number of aliphatic imine (C=N–C) groups is 1. The molecule has 0 saturated carbocycles. The maximum atomic E-state index is 13.4. The molecule has 1 aliphatic rings. The lowest BCUT2D eigenvalue weighted by molar-refractivity contribution is -0.384. The van der Waals surface area contributed by atoms with Crippen molar-refractivity contribution in [3.63, 3.8) is 0 Å². The van der Waals surface area contributed by atoms with Gasteiger partial charge in [-0.05, 0) is 66.2 Å². The highest BCUT2D eigenvalue weighted by Crippen LogP contribution is 2.30. The zero-order valence-electron chi connectivity index (χ0n) is 15.3. The Hall–Kier alpha value is -3.65. The Balaban J connectivity index is 1.79. The van der Waals surface area contributed by atoms with E-state index in [9.17, 15) is 19.3 Å². The van der Waals surface area contributed by atoms with Crippen LogP contribution >= 0.6 is 15.9 Å². The molecule has 30 heavy (non-hydrogen) atoms. The van der Waals surface area contributed by atoms with E-state index in [1.807, 2.05) is 6.07 Å². The van der Waals surface area contributed by atoms with Crippen molar-refractivity contribution in [2.75, 3.05) is 4.90 Å². The number of carbonyl (C=O) groups excluding carboxylic acids is 1. The molecule has 0 bridgehead atoms. The van der Waals surface area contributed by atoms with E-state index in [0.29, 0.717) is 22.6 Å². The molecule has 148 valence electrons. The molecule has 0 N–H and O–H groups in total. The van der Waals surface area contributed by atoms with E-state index < -0.39 is 4.92 Å². The van der Waals surface area contributed by atoms with Gasteiger partial charge >= 0.3 is 0 Å². The molecule has 1 amide bonds. The SMILES string of the molecule is O=C1/C(=C\c2ccc([N+](=O)[O-])cc2)N=C(c2ccc(F)cc2)N1c1cccc(Br)c1. The molecule has 0 fully saturated rings. The Labute approximate surface area is 179 Å². The Morgan fingerprint density at radius 1 is 1.03 bits per heavy atom. The largest absolute Gasteiger partial charge is 0.282 e. The van der Waals surface area contributed by atoms with E-state index in [2.05, 4.69) is 20.9 Å². The highest BCUT2D eigenvalue weighted by Gasteiger charge is 2.32. The fourth-order valence-corrected chi connectivity index (χ4v) is 3.40. The van der Waals surface area contributed by atoms with Gasteiger partial charge < -0.3 is 0 Å². The van der Waals surface area contributed by atoms with Crippen LogP contribution < -0.4 is 4.90 Å². The molecule has 0 aromatic heterocycles. The van der Waals surface area contributed by atoms with Crippen molar-refractivity contribution in [1.29, 1.82) is 0 Å². The molecule has 0 atom stereocenters. The van der Waals surface area contributed by atoms with Crippen LogP contribution in [0.5, 0.6) is 0 Å². The topological polar surface area (TPSA) is 75.8 Å². The molecule has 3 aromatic carbocycles. The van der Waals surface area contributed by atoms with Gasteiger partial charge in [-0.1, -0.05) is 22.0 Å². The number of benzene rings is 3. The summed E-state index contributed by atoms with van der Waals surface area (Å²) in [5.74, 6) is -0.378. The molecule has 3 aromatic rings. The average molecular weight is 466 g/mol. The van der Waals surface area contributed by atoms with Crippen molar-refractivity contribution >= 4 is 45.1 Å². The third kappa shape index (κ3) is 3.90. The number of amides is 1. The molecule has 8 heteroatoms. The molecule has 0 aliphatic carbocycles. The standard InChI is InChI=1S/C22H13BrFN3O3/c23-16-2-1-3-19(13-16)26-21(15-6-8-17(24)9-7-15)25-20(22(26)28)12-14-4-10-18(11-5-14)27(29)30/h1-13H/b20-12+. The molecule has 0 unspecified atom stereocenters. The predicted octanol–water partition coefficient (Wildman–Crippen LogP) is 5.33. The monoisotopic (exact) mass is 465 g/mol. The van der Waals surface area contributed by atoms with E-state index in [1.54, 1.807) is 48.5 Å². The summed E-state index contributed by atoms with van der Waals surface area (Å²) in [6.07, 6.45) is 1.56. The van der Waals surface area contributed by atoms with Gasteiger partial charge in [0.25, 0.3) is 11.6 Å². The molecular formula is C22H13BrFN3O3. The fraction of sp³-hybridized carbons (Fsp3) is 0. The number of hydrogen-bond acceptors (Lipinski definition) is 4. The first-order valence-electron chi connectivity index (χ1n) is 8.83. The highest BCUT2D eigenvalue weighted by atomic mass is 79.9. The summed E-state index contributed by atoms with van der Waals surface area (Å²) >= 11 is 3.41. The lowest BCUT2D eigenvalue weighted by Gasteiger charge is -2.18. The van der Waals surface area contributed by atoms with Gasteiger partial charge in [-0.15, -0.1) is 0 Å². The van der Waals surface area contributed by atoms with Gasteiger partial charge in [0.2, 0.25) is 0 Å². The van der Waals surface area contributed by atoms with E-state index in [1.165, 1.54) is 29.2 Å². The zero-order valence-corrected chi connectivity index (χ0v) is 16.9. The number of rotatable bonds is 4. The van der Waals surface area contributed by atoms with Crippen LogP contribution in [0.1, 0.15) is 11.1 Å². The smallest absolute Gasteiger partial charge is 0.266 e. The molecule has 4 rings (SSSR count). The molecule has 0 radical (unpaired) electrons. The summed E-state index contributed by atoms with van der Waals surface area (Å²) in [4.78, 5) is 29.5. The van der Waals surface area contributed by atoms with Crippen LogP contribution in [0.2, 0.25) is 0 Å². The normalized spacial score (nSPS) is 14.9. The third-order valence-electron chi connectivity index (χ3n) is 4.44. The average Bonchev–Trinajstić information content (AvgIpc) is 3.05. The first-order chi connectivity index (χ1) is 14.4. The number of carbonyl (C=O) groups is 1. The number of hydrogen-bond donors (Lipinski definition) is 0. The Kier molecular flexibility index (Phi) is 5.24.